The van der Waals surface area contributed by atoms with Crippen LogP contribution in [0.15, 0.2) is 0 Å². The molecule has 0 saturated carbocycles. The number of sulfone groups is 1. The van der Waals surface area contributed by atoms with E-state index in [0.29, 0.717) is 16.4 Å². The smallest absolute Gasteiger partial charge is 0.267 e. The van der Waals surface area contributed by atoms with E-state index < -0.39 is 9.84 Å². The van der Waals surface area contributed by atoms with Crippen molar-refractivity contribution in [3.05, 3.63) is 4.88 Å². The van der Waals surface area contributed by atoms with Crippen LogP contribution in [-0.2, 0) is 9.84 Å². The Hall–Kier alpha value is -1.35. The fourth-order valence-corrected chi connectivity index (χ4v) is 4.99. The second kappa shape index (κ2) is 5.80. The maximum Gasteiger partial charge on any atom is 0.267 e. The second-order valence-corrected chi connectivity index (χ2v) is 8.73. The van der Waals surface area contributed by atoms with E-state index >= 15 is 0 Å². The van der Waals surface area contributed by atoms with Gasteiger partial charge in [0.25, 0.3) is 5.91 Å². The minimum Gasteiger partial charge on any atom is -0.382 e. The van der Waals surface area contributed by atoms with Crippen LogP contribution in [0.25, 0.3) is 0 Å². The average molecular weight is 332 g/mol. The predicted molar refractivity (Wildman–Crippen MR) is 84.4 cm³/mol. The molecule has 21 heavy (non-hydrogen) atoms. The lowest BCUT2D eigenvalue weighted by Crippen LogP contribution is -2.37. The quantitative estimate of drug-likeness (QED) is 0.845. The molecule has 0 radical (unpaired) electrons. The molecule has 0 aromatic carbocycles. The van der Waals surface area contributed by atoms with Crippen molar-refractivity contribution in [3.63, 3.8) is 0 Å². The molecule has 0 spiro atoms. The Labute approximate surface area is 128 Å². The molecular weight excluding hydrogens is 312 g/mol. The highest BCUT2D eigenvalue weighted by atomic mass is 32.2. The number of hydrogen-bond donors (Lipinski definition) is 2. The summed E-state index contributed by atoms with van der Waals surface area (Å²) in [4.78, 5) is 18.4. The van der Waals surface area contributed by atoms with Crippen molar-refractivity contribution in [1.82, 2.24) is 9.88 Å². The molecule has 1 aliphatic heterocycles. The molecule has 1 fully saturated rings. The number of rotatable bonds is 4. The van der Waals surface area contributed by atoms with Gasteiger partial charge in [-0.1, -0.05) is 11.3 Å². The zero-order chi connectivity index (χ0) is 15.8. The van der Waals surface area contributed by atoms with Gasteiger partial charge in [0.2, 0.25) is 0 Å². The van der Waals surface area contributed by atoms with Crippen LogP contribution in [0.4, 0.5) is 10.9 Å². The number of nitrogen functional groups attached to an aromatic ring is 1. The number of nitrogens with two attached hydrogens (primary N) is 1. The standard InChI is InChI=1S/C12H20N4O3S2/c1-7(2)14-12-15-10(13)9(20-12)11(17)16(3)8-4-5-21(18,19)6-8/h7-8H,4-6,13H2,1-3H3,(H,14,15). The van der Waals surface area contributed by atoms with E-state index in [1.165, 1.54) is 16.2 Å². The summed E-state index contributed by atoms with van der Waals surface area (Å²) in [6, 6.07) is -0.0956. The molecule has 7 nitrogen and oxygen atoms in total. The molecule has 0 bridgehead atoms. The van der Waals surface area contributed by atoms with E-state index in [0.717, 1.165) is 0 Å². The summed E-state index contributed by atoms with van der Waals surface area (Å²) in [7, 11) is -1.41. The maximum atomic E-state index is 12.5. The van der Waals surface area contributed by atoms with Crippen molar-refractivity contribution in [3.8, 4) is 0 Å². The zero-order valence-electron chi connectivity index (χ0n) is 12.3. The molecule has 9 heteroatoms. The summed E-state index contributed by atoms with van der Waals surface area (Å²) in [5, 5.41) is 3.70. The number of hydrogen-bond acceptors (Lipinski definition) is 7. The van der Waals surface area contributed by atoms with E-state index in [4.69, 9.17) is 5.73 Å². The highest BCUT2D eigenvalue weighted by molar-refractivity contribution is 7.91. The Bertz CT molecular complexity index is 639. The number of anilines is 2. The van der Waals surface area contributed by atoms with Gasteiger partial charge < -0.3 is 16.0 Å². The van der Waals surface area contributed by atoms with Crippen molar-refractivity contribution in [2.24, 2.45) is 0 Å². The Morgan fingerprint density at radius 3 is 2.71 bits per heavy atom. The summed E-state index contributed by atoms with van der Waals surface area (Å²) >= 11 is 1.20. The van der Waals surface area contributed by atoms with Crippen LogP contribution in [0, 0.1) is 0 Å². The lowest BCUT2D eigenvalue weighted by Gasteiger charge is -2.22. The highest BCUT2D eigenvalue weighted by Gasteiger charge is 2.34. The molecule has 2 rings (SSSR count). The first kappa shape index (κ1) is 16.0. The van der Waals surface area contributed by atoms with Gasteiger partial charge in [0.15, 0.2) is 15.0 Å². The van der Waals surface area contributed by atoms with Crippen molar-refractivity contribution >= 4 is 38.0 Å². The van der Waals surface area contributed by atoms with Crippen LogP contribution < -0.4 is 11.1 Å². The fraction of sp³-hybridized carbons (Fsp3) is 0.667. The number of aromatic nitrogens is 1. The maximum absolute atomic E-state index is 12.5. The molecule has 1 amide bonds. The van der Waals surface area contributed by atoms with E-state index in [9.17, 15) is 13.2 Å². The summed E-state index contributed by atoms with van der Waals surface area (Å²) < 4.78 is 23.0. The Morgan fingerprint density at radius 2 is 2.19 bits per heavy atom. The third kappa shape index (κ3) is 3.65. The monoisotopic (exact) mass is 332 g/mol. The van der Waals surface area contributed by atoms with Gasteiger partial charge in [-0.3, -0.25) is 4.79 Å². The summed E-state index contributed by atoms with van der Waals surface area (Å²) in [5.41, 5.74) is 5.80. The van der Waals surface area contributed by atoms with Crippen molar-refractivity contribution in [1.29, 1.82) is 0 Å². The summed E-state index contributed by atoms with van der Waals surface area (Å²) in [5.74, 6) is 0.0586. The van der Waals surface area contributed by atoms with E-state index in [1.54, 1.807) is 7.05 Å². The molecule has 1 unspecified atom stereocenters. The summed E-state index contributed by atoms with van der Waals surface area (Å²) in [6.07, 6.45) is 0.473. The molecule has 1 saturated heterocycles. The van der Waals surface area contributed by atoms with Crippen LogP contribution in [0.5, 0.6) is 0 Å². The normalized spacial score (nSPS) is 20.7. The van der Waals surface area contributed by atoms with Gasteiger partial charge in [-0.25, -0.2) is 13.4 Å². The van der Waals surface area contributed by atoms with Gasteiger partial charge in [-0.15, -0.1) is 0 Å². The lowest BCUT2D eigenvalue weighted by molar-refractivity contribution is 0.0753. The van der Waals surface area contributed by atoms with Crippen molar-refractivity contribution in [2.75, 3.05) is 29.6 Å². The van der Waals surface area contributed by atoms with Gasteiger partial charge >= 0.3 is 0 Å². The Morgan fingerprint density at radius 1 is 1.52 bits per heavy atom. The molecule has 1 aliphatic rings. The van der Waals surface area contributed by atoms with Crippen LogP contribution >= 0.6 is 11.3 Å². The van der Waals surface area contributed by atoms with Crippen LogP contribution in [0.1, 0.15) is 29.9 Å². The fourth-order valence-electron chi connectivity index (χ4n) is 2.20. The third-order valence-corrected chi connectivity index (χ3v) is 6.08. The summed E-state index contributed by atoms with van der Waals surface area (Å²) in [6.45, 7) is 3.93. The van der Waals surface area contributed by atoms with E-state index in [1.807, 2.05) is 13.8 Å². The first-order chi connectivity index (χ1) is 9.69. The molecule has 118 valence electrons. The number of nitrogens with zero attached hydrogens (tertiary/aromatic N) is 2. The Balaban J connectivity index is 2.14. The number of thiazole rings is 1. The highest BCUT2D eigenvalue weighted by Crippen LogP contribution is 2.28. The topological polar surface area (TPSA) is 105 Å². The molecule has 1 aromatic rings. The Kier molecular flexibility index (Phi) is 4.43. The predicted octanol–water partition coefficient (Wildman–Crippen LogP) is 0.805. The average Bonchev–Trinajstić information content (AvgIpc) is 2.89. The van der Waals surface area contributed by atoms with Gasteiger partial charge in [-0.2, -0.15) is 0 Å². The first-order valence-electron chi connectivity index (χ1n) is 6.70. The zero-order valence-corrected chi connectivity index (χ0v) is 13.9. The molecular formula is C12H20N4O3S2. The van der Waals surface area contributed by atoms with Crippen molar-refractivity contribution < 1.29 is 13.2 Å². The SMILES string of the molecule is CC(C)Nc1nc(N)c(C(=O)N(C)C2CCS(=O)(=O)C2)s1. The van der Waals surface area contributed by atoms with E-state index in [-0.39, 0.29) is 35.3 Å². The number of nitrogens with one attached hydrogen (secondary N) is 1. The molecule has 1 atom stereocenters. The number of carbonyl (C=O) groups is 1. The van der Waals surface area contributed by atoms with Crippen LogP contribution in [0.3, 0.4) is 0 Å². The number of amides is 1. The minimum atomic E-state index is -3.03. The number of carbonyl (C=O) groups excluding carboxylic acids is 1. The van der Waals surface area contributed by atoms with E-state index in [2.05, 4.69) is 10.3 Å². The first-order valence-corrected chi connectivity index (χ1v) is 9.34. The van der Waals surface area contributed by atoms with Crippen LogP contribution in [0.2, 0.25) is 0 Å². The van der Waals surface area contributed by atoms with Crippen LogP contribution in [-0.4, -0.2) is 54.8 Å². The second-order valence-electron chi connectivity index (χ2n) is 5.51. The lowest BCUT2D eigenvalue weighted by atomic mass is 10.2. The van der Waals surface area contributed by atoms with Gasteiger partial charge in [-0.05, 0) is 20.3 Å². The minimum absolute atomic E-state index is 0.0189. The van der Waals surface area contributed by atoms with Crippen molar-refractivity contribution in [2.45, 2.75) is 32.4 Å². The van der Waals surface area contributed by atoms with Gasteiger partial charge in [0, 0.05) is 19.1 Å². The van der Waals surface area contributed by atoms with Gasteiger partial charge in [0.1, 0.15) is 10.7 Å². The largest absolute Gasteiger partial charge is 0.382 e. The third-order valence-electron chi connectivity index (χ3n) is 3.34. The van der Waals surface area contributed by atoms with Gasteiger partial charge in [0.05, 0.1) is 11.5 Å². The molecule has 1 aromatic heterocycles. The molecule has 3 N–H and O–H groups in total. The molecule has 2 heterocycles. The molecule has 0 aliphatic carbocycles.